The van der Waals surface area contributed by atoms with E-state index in [2.05, 4.69) is 15.5 Å². The van der Waals surface area contributed by atoms with E-state index in [0.717, 1.165) is 11.1 Å². The fourth-order valence-electron chi connectivity index (χ4n) is 2.63. The van der Waals surface area contributed by atoms with E-state index in [0.29, 0.717) is 22.3 Å². The molecule has 7 heteroatoms. The molecule has 4 rings (SSSR count). The van der Waals surface area contributed by atoms with Crippen LogP contribution in [-0.2, 0) is 0 Å². The molecule has 0 atom stereocenters. The number of anilines is 1. The summed E-state index contributed by atoms with van der Waals surface area (Å²) >= 11 is 1.35. The average molecular weight is 379 g/mol. The van der Waals surface area contributed by atoms with Crippen molar-refractivity contribution in [2.45, 2.75) is 6.92 Å². The monoisotopic (exact) mass is 379 g/mol. The lowest BCUT2D eigenvalue weighted by Crippen LogP contribution is -2.13. The van der Waals surface area contributed by atoms with Crippen molar-refractivity contribution in [2.24, 2.45) is 0 Å². The smallest absolute Gasteiger partial charge is 0.270 e. The maximum absolute atomic E-state index is 13.8. The molecule has 2 aromatic heterocycles. The Hall–Kier alpha value is -3.32. The van der Waals surface area contributed by atoms with Gasteiger partial charge in [-0.25, -0.2) is 4.39 Å². The van der Waals surface area contributed by atoms with Crippen LogP contribution < -0.4 is 5.32 Å². The van der Waals surface area contributed by atoms with Crippen molar-refractivity contribution in [3.63, 3.8) is 0 Å². The summed E-state index contributed by atoms with van der Waals surface area (Å²) in [5.74, 6) is -0.351. The number of hydrogen-bond acceptors (Lipinski definition) is 5. The van der Waals surface area contributed by atoms with Crippen LogP contribution in [0.4, 0.5) is 10.1 Å². The number of aromatic nitrogens is 2. The molecule has 2 aromatic carbocycles. The molecule has 0 radical (unpaired) electrons. The molecule has 0 saturated carbocycles. The summed E-state index contributed by atoms with van der Waals surface area (Å²) in [6, 6.07) is 15.3. The van der Waals surface area contributed by atoms with Crippen molar-refractivity contribution in [3.8, 4) is 22.2 Å². The number of rotatable bonds is 4. The summed E-state index contributed by atoms with van der Waals surface area (Å²) in [6.07, 6.45) is 0. The molecule has 0 fully saturated rings. The van der Waals surface area contributed by atoms with Crippen molar-refractivity contribution in [1.29, 1.82) is 0 Å². The molecule has 0 bridgehead atoms. The lowest BCUT2D eigenvalue weighted by atomic mass is 10.1. The SMILES string of the molecule is Cc1cccc(-c2noc(-c3sccc3NC(=O)c3ccccc3F)n2)c1. The van der Waals surface area contributed by atoms with Gasteiger partial charge in [-0.15, -0.1) is 11.3 Å². The number of thiophene rings is 1. The zero-order chi connectivity index (χ0) is 18.8. The van der Waals surface area contributed by atoms with E-state index in [1.807, 2.05) is 31.2 Å². The normalized spacial score (nSPS) is 10.7. The Balaban J connectivity index is 1.61. The van der Waals surface area contributed by atoms with Gasteiger partial charge in [0, 0.05) is 5.56 Å². The number of benzene rings is 2. The molecule has 1 amide bonds. The van der Waals surface area contributed by atoms with E-state index in [1.54, 1.807) is 17.5 Å². The second-order valence-electron chi connectivity index (χ2n) is 5.89. The van der Waals surface area contributed by atoms with Crippen LogP contribution in [0.15, 0.2) is 64.5 Å². The van der Waals surface area contributed by atoms with Crippen LogP contribution in [-0.4, -0.2) is 16.0 Å². The number of halogens is 1. The minimum Gasteiger partial charge on any atom is -0.333 e. The number of hydrogen-bond donors (Lipinski definition) is 1. The van der Waals surface area contributed by atoms with E-state index >= 15 is 0 Å². The molecule has 0 saturated heterocycles. The summed E-state index contributed by atoms with van der Waals surface area (Å²) in [5.41, 5.74) is 2.40. The Kier molecular flexibility index (Phi) is 4.52. The standard InChI is InChI=1S/C20H14FN3O2S/c1-12-5-4-6-13(11-12)18-23-20(26-24-18)17-16(9-10-27-17)22-19(25)14-7-2-3-8-15(14)21/h2-11H,1H3,(H,22,25). The van der Waals surface area contributed by atoms with Gasteiger partial charge in [0.05, 0.1) is 11.3 Å². The van der Waals surface area contributed by atoms with Gasteiger partial charge in [-0.05, 0) is 36.6 Å². The number of aryl methyl sites for hydroxylation is 1. The Labute approximate surface area is 158 Å². The van der Waals surface area contributed by atoms with E-state index in [9.17, 15) is 9.18 Å². The minimum atomic E-state index is -0.577. The van der Waals surface area contributed by atoms with Gasteiger partial charge in [0.15, 0.2) is 0 Å². The van der Waals surface area contributed by atoms with E-state index in [1.165, 1.54) is 29.5 Å². The van der Waals surface area contributed by atoms with Crippen LogP contribution >= 0.6 is 11.3 Å². The zero-order valence-corrected chi connectivity index (χ0v) is 15.1. The third kappa shape index (κ3) is 3.50. The number of nitrogens with zero attached hydrogens (tertiary/aromatic N) is 2. The highest BCUT2D eigenvalue weighted by Gasteiger charge is 2.19. The van der Waals surface area contributed by atoms with Gasteiger partial charge in [0.1, 0.15) is 10.7 Å². The fraction of sp³-hybridized carbons (Fsp3) is 0.0500. The number of nitrogens with one attached hydrogen (secondary N) is 1. The van der Waals surface area contributed by atoms with Crippen LogP contribution in [0.3, 0.4) is 0 Å². The molecular formula is C20H14FN3O2S. The quantitative estimate of drug-likeness (QED) is 0.531. The van der Waals surface area contributed by atoms with E-state index in [-0.39, 0.29) is 5.56 Å². The first-order valence-corrected chi connectivity index (χ1v) is 9.04. The predicted octanol–water partition coefficient (Wildman–Crippen LogP) is 5.16. The Morgan fingerprint density at radius 2 is 2.00 bits per heavy atom. The summed E-state index contributed by atoms with van der Waals surface area (Å²) in [7, 11) is 0. The molecule has 27 heavy (non-hydrogen) atoms. The summed E-state index contributed by atoms with van der Waals surface area (Å²) in [4.78, 5) is 17.4. The maximum atomic E-state index is 13.8. The van der Waals surface area contributed by atoms with Crippen LogP contribution in [0.2, 0.25) is 0 Å². The molecule has 134 valence electrons. The van der Waals surface area contributed by atoms with Crippen LogP contribution in [0, 0.1) is 12.7 Å². The molecule has 0 unspecified atom stereocenters. The van der Waals surface area contributed by atoms with Gasteiger partial charge < -0.3 is 9.84 Å². The largest absolute Gasteiger partial charge is 0.333 e. The van der Waals surface area contributed by atoms with E-state index < -0.39 is 11.7 Å². The van der Waals surface area contributed by atoms with Crippen LogP contribution in [0.25, 0.3) is 22.2 Å². The van der Waals surface area contributed by atoms with Crippen molar-refractivity contribution >= 4 is 22.9 Å². The Morgan fingerprint density at radius 1 is 1.15 bits per heavy atom. The topological polar surface area (TPSA) is 68.0 Å². The highest BCUT2D eigenvalue weighted by molar-refractivity contribution is 7.14. The summed E-state index contributed by atoms with van der Waals surface area (Å²) < 4.78 is 19.2. The molecule has 0 aliphatic rings. The van der Waals surface area contributed by atoms with Crippen molar-refractivity contribution < 1.29 is 13.7 Å². The van der Waals surface area contributed by atoms with Gasteiger partial charge in [-0.2, -0.15) is 4.98 Å². The molecule has 4 aromatic rings. The molecular weight excluding hydrogens is 365 g/mol. The van der Waals surface area contributed by atoms with E-state index in [4.69, 9.17) is 4.52 Å². The second kappa shape index (κ2) is 7.13. The van der Waals surface area contributed by atoms with Gasteiger partial charge in [0.2, 0.25) is 5.82 Å². The Bertz CT molecular complexity index is 1120. The number of amides is 1. The summed E-state index contributed by atoms with van der Waals surface area (Å²) in [5, 5.41) is 8.53. The number of carbonyl (C=O) groups is 1. The number of carbonyl (C=O) groups excluding carboxylic acids is 1. The third-order valence-electron chi connectivity index (χ3n) is 3.93. The highest BCUT2D eigenvalue weighted by Crippen LogP contribution is 2.34. The minimum absolute atomic E-state index is 0.0272. The maximum Gasteiger partial charge on any atom is 0.270 e. The molecule has 0 spiro atoms. The average Bonchev–Trinajstić information content (AvgIpc) is 3.31. The van der Waals surface area contributed by atoms with Crippen molar-refractivity contribution in [1.82, 2.24) is 10.1 Å². The lowest BCUT2D eigenvalue weighted by Gasteiger charge is -2.05. The predicted molar refractivity (Wildman–Crippen MR) is 102 cm³/mol. The molecule has 5 nitrogen and oxygen atoms in total. The van der Waals surface area contributed by atoms with Crippen molar-refractivity contribution in [2.75, 3.05) is 5.32 Å². The Morgan fingerprint density at radius 3 is 2.81 bits per heavy atom. The highest BCUT2D eigenvalue weighted by atomic mass is 32.1. The first-order valence-electron chi connectivity index (χ1n) is 8.16. The first kappa shape index (κ1) is 17.1. The lowest BCUT2D eigenvalue weighted by molar-refractivity contribution is 0.102. The molecule has 0 aliphatic carbocycles. The first-order chi connectivity index (χ1) is 13.1. The molecule has 2 heterocycles. The fourth-order valence-corrected chi connectivity index (χ4v) is 3.40. The zero-order valence-electron chi connectivity index (χ0n) is 14.3. The summed E-state index contributed by atoms with van der Waals surface area (Å²) in [6.45, 7) is 1.99. The molecule has 1 N–H and O–H groups in total. The molecule has 0 aliphatic heterocycles. The van der Waals surface area contributed by atoms with Gasteiger partial charge >= 0.3 is 0 Å². The van der Waals surface area contributed by atoms with Crippen LogP contribution in [0.1, 0.15) is 15.9 Å². The van der Waals surface area contributed by atoms with Gasteiger partial charge in [-0.1, -0.05) is 41.1 Å². The second-order valence-corrected chi connectivity index (χ2v) is 6.81. The third-order valence-corrected chi connectivity index (χ3v) is 4.83. The van der Waals surface area contributed by atoms with Gasteiger partial charge in [-0.3, -0.25) is 4.79 Å². The van der Waals surface area contributed by atoms with Gasteiger partial charge in [0.25, 0.3) is 11.8 Å². The van der Waals surface area contributed by atoms with Crippen molar-refractivity contribution in [3.05, 3.63) is 76.9 Å². The van der Waals surface area contributed by atoms with Crippen LogP contribution in [0.5, 0.6) is 0 Å².